The molecule has 0 radical (unpaired) electrons. The van der Waals surface area contributed by atoms with Gasteiger partial charge < -0.3 is 5.32 Å². The van der Waals surface area contributed by atoms with Crippen molar-refractivity contribution in [3.63, 3.8) is 0 Å². The van der Waals surface area contributed by atoms with E-state index in [1.165, 1.54) is 6.07 Å². The second-order valence-electron chi connectivity index (χ2n) is 6.66. The number of rotatable bonds is 5. The van der Waals surface area contributed by atoms with E-state index in [4.69, 9.17) is 23.2 Å². The molecule has 2 N–H and O–H groups in total. The molecule has 0 aliphatic rings. The van der Waals surface area contributed by atoms with E-state index in [9.17, 15) is 9.59 Å². The van der Waals surface area contributed by atoms with E-state index in [-0.39, 0.29) is 16.8 Å². The van der Waals surface area contributed by atoms with Crippen LogP contribution in [0.4, 0.5) is 5.69 Å². The SMILES string of the molecule is CC(=NNC(=O)c1cccc(C)c1)c1ccc(NC(=O)c2ccc(Cl)cc2Cl)cc1. The van der Waals surface area contributed by atoms with Crippen molar-refractivity contribution in [2.45, 2.75) is 13.8 Å². The van der Waals surface area contributed by atoms with Crippen LogP contribution in [0.15, 0.2) is 71.8 Å². The lowest BCUT2D eigenvalue weighted by molar-refractivity contribution is 0.0954. The molecule has 0 spiro atoms. The topological polar surface area (TPSA) is 70.6 Å². The lowest BCUT2D eigenvalue weighted by Gasteiger charge is -2.08. The van der Waals surface area contributed by atoms with Crippen LogP contribution in [-0.2, 0) is 0 Å². The van der Waals surface area contributed by atoms with Crippen LogP contribution in [0.5, 0.6) is 0 Å². The number of hydrazone groups is 1. The monoisotopic (exact) mass is 439 g/mol. The molecule has 0 fully saturated rings. The minimum absolute atomic E-state index is 0.276. The molecule has 0 heterocycles. The van der Waals surface area contributed by atoms with Crippen LogP contribution in [0.3, 0.4) is 0 Å². The van der Waals surface area contributed by atoms with Gasteiger partial charge in [-0.15, -0.1) is 0 Å². The van der Waals surface area contributed by atoms with E-state index < -0.39 is 0 Å². The highest BCUT2D eigenvalue weighted by molar-refractivity contribution is 6.37. The number of amides is 2. The molecular formula is C23H19Cl2N3O2. The van der Waals surface area contributed by atoms with Crippen molar-refractivity contribution in [2.75, 3.05) is 5.32 Å². The van der Waals surface area contributed by atoms with Gasteiger partial charge in [0.05, 0.1) is 16.3 Å². The maximum absolute atomic E-state index is 12.4. The number of hydrogen-bond donors (Lipinski definition) is 2. The normalized spacial score (nSPS) is 11.1. The number of halogens is 2. The first-order valence-corrected chi connectivity index (χ1v) is 9.87. The highest BCUT2D eigenvalue weighted by Crippen LogP contribution is 2.22. The molecule has 0 bridgehead atoms. The molecular weight excluding hydrogens is 421 g/mol. The molecule has 0 aromatic heterocycles. The molecule has 0 saturated heterocycles. The highest BCUT2D eigenvalue weighted by atomic mass is 35.5. The van der Waals surface area contributed by atoms with E-state index in [1.54, 1.807) is 55.5 Å². The quantitative estimate of drug-likeness (QED) is 0.394. The summed E-state index contributed by atoms with van der Waals surface area (Å²) in [5, 5.41) is 7.69. The zero-order valence-electron chi connectivity index (χ0n) is 16.4. The van der Waals surface area contributed by atoms with Crippen molar-refractivity contribution < 1.29 is 9.59 Å². The van der Waals surface area contributed by atoms with Crippen molar-refractivity contribution in [1.29, 1.82) is 0 Å². The fourth-order valence-electron chi connectivity index (χ4n) is 2.72. The summed E-state index contributed by atoms with van der Waals surface area (Å²) in [7, 11) is 0. The van der Waals surface area contributed by atoms with Crippen LogP contribution >= 0.6 is 23.2 Å². The molecule has 5 nitrogen and oxygen atoms in total. The number of nitrogens with one attached hydrogen (secondary N) is 2. The summed E-state index contributed by atoms with van der Waals surface area (Å²) in [4.78, 5) is 24.6. The van der Waals surface area contributed by atoms with Crippen LogP contribution < -0.4 is 10.7 Å². The van der Waals surface area contributed by atoms with Gasteiger partial charge in [-0.05, 0) is 61.9 Å². The Morgan fingerprint density at radius 2 is 1.60 bits per heavy atom. The second-order valence-corrected chi connectivity index (χ2v) is 7.51. The van der Waals surface area contributed by atoms with E-state index in [0.29, 0.717) is 27.5 Å². The molecule has 152 valence electrons. The smallest absolute Gasteiger partial charge is 0.271 e. The standard InChI is InChI=1S/C23H19Cl2N3O2/c1-14-4-3-5-17(12-14)22(29)28-27-15(2)16-6-9-19(10-7-16)26-23(30)20-11-8-18(24)13-21(20)25/h3-13H,1-2H3,(H,26,30)(H,28,29). The number of aryl methyl sites for hydroxylation is 1. The molecule has 0 atom stereocenters. The van der Waals surface area contributed by atoms with Crippen molar-refractivity contribution in [1.82, 2.24) is 5.43 Å². The van der Waals surface area contributed by atoms with Crippen LogP contribution in [0.1, 0.15) is 38.8 Å². The first-order valence-electron chi connectivity index (χ1n) is 9.11. The number of nitrogens with zero attached hydrogens (tertiary/aromatic N) is 1. The van der Waals surface area contributed by atoms with Crippen LogP contribution in [0.2, 0.25) is 10.0 Å². The maximum atomic E-state index is 12.4. The first kappa shape index (κ1) is 21.6. The Morgan fingerprint density at radius 1 is 0.867 bits per heavy atom. The molecule has 3 aromatic rings. The minimum atomic E-state index is -0.333. The summed E-state index contributed by atoms with van der Waals surface area (Å²) >= 11 is 11.9. The lowest BCUT2D eigenvalue weighted by atomic mass is 10.1. The predicted molar refractivity (Wildman–Crippen MR) is 122 cm³/mol. The first-order chi connectivity index (χ1) is 14.3. The molecule has 3 rings (SSSR count). The van der Waals surface area contributed by atoms with E-state index >= 15 is 0 Å². The summed E-state index contributed by atoms with van der Waals surface area (Å²) in [6, 6.07) is 19.1. The predicted octanol–water partition coefficient (Wildman–Crippen LogP) is 5.71. The van der Waals surface area contributed by atoms with Gasteiger partial charge in [0.1, 0.15) is 0 Å². The Kier molecular flexibility index (Phi) is 6.87. The molecule has 0 unspecified atom stereocenters. The van der Waals surface area contributed by atoms with Crippen LogP contribution in [0.25, 0.3) is 0 Å². The van der Waals surface area contributed by atoms with Crippen molar-refractivity contribution in [3.05, 3.63) is 99.0 Å². The van der Waals surface area contributed by atoms with Gasteiger partial charge >= 0.3 is 0 Å². The fourth-order valence-corrected chi connectivity index (χ4v) is 3.21. The van der Waals surface area contributed by atoms with Crippen molar-refractivity contribution in [2.24, 2.45) is 5.10 Å². The van der Waals surface area contributed by atoms with Crippen molar-refractivity contribution >= 4 is 46.4 Å². The van der Waals surface area contributed by atoms with Gasteiger partial charge in [0.15, 0.2) is 0 Å². The summed E-state index contributed by atoms with van der Waals surface area (Å²) < 4.78 is 0. The number of carbonyl (C=O) groups excluding carboxylic acids is 2. The zero-order chi connectivity index (χ0) is 21.7. The van der Waals surface area contributed by atoms with Gasteiger partial charge in [-0.1, -0.05) is 53.0 Å². The summed E-state index contributed by atoms with van der Waals surface area (Å²) in [5.74, 6) is -0.609. The largest absolute Gasteiger partial charge is 0.322 e. The second kappa shape index (κ2) is 9.57. The Balaban J connectivity index is 1.65. The molecule has 0 saturated carbocycles. The van der Waals surface area contributed by atoms with E-state index in [1.807, 2.05) is 19.1 Å². The fraction of sp³-hybridized carbons (Fsp3) is 0.0870. The van der Waals surface area contributed by atoms with Gasteiger partial charge in [-0.3, -0.25) is 9.59 Å². The number of carbonyl (C=O) groups is 2. The highest BCUT2D eigenvalue weighted by Gasteiger charge is 2.11. The number of benzene rings is 3. The van der Waals surface area contributed by atoms with Crippen molar-refractivity contribution in [3.8, 4) is 0 Å². The maximum Gasteiger partial charge on any atom is 0.271 e. The number of anilines is 1. The molecule has 2 amide bonds. The average Bonchev–Trinajstić information content (AvgIpc) is 2.72. The van der Waals surface area contributed by atoms with Gasteiger partial charge in [0, 0.05) is 16.3 Å². The van der Waals surface area contributed by atoms with Crippen LogP contribution in [-0.4, -0.2) is 17.5 Å². The average molecular weight is 440 g/mol. The van der Waals surface area contributed by atoms with Gasteiger partial charge in [0.25, 0.3) is 11.8 Å². The molecule has 30 heavy (non-hydrogen) atoms. The third-order valence-corrected chi connectivity index (χ3v) is 4.89. The molecule has 0 aliphatic heterocycles. The minimum Gasteiger partial charge on any atom is -0.322 e. The van der Waals surface area contributed by atoms with E-state index in [0.717, 1.165) is 11.1 Å². The Bertz CT molecular complexity index is 1130. The van der Waals surface area contributed by atoms with Gasteiger partial charge in [0.2, 0.25) is 0 Å². The van der Waals surface area contributed by atoms with Gasteiger partial charge in [-0.2, -0.15) is 5.10 Å². The summed E-state index contributed by atoms with van der Waals surface area (Å²) in [5.41, 5.74) is 6.48. The molecule has 0 aliphatic carbocycles. The Morgan fingerprint density at radius 3 is 2.27 bits per heavy atom. The summed E-state index contributed by atoms with van der Waals surface area (Å²) in [6.07, 6.45) is 0. The molecule has 7 heteroatoms. The third-order valence-electron chi connectivity index (χ3n) is 4.34. The third kappa shape index (κ3) is 5.47. The Labute approximate surface area is 184 Å². The lowest BCUT2D eigenvalue weighted by Crippen LogP contribution is -2.19. The zero-order valence-corrected chi connectivity index (χ0v) is 17.9. The van der Waals surface area contributed by atoms with Gasteiger partial charge in [-0.25, -0.2) is 5.43 Å². The Hall–Kier alpha value is -3.15. The number of hydrogen-bond acceptors (Lipinski definition) is 3. The molecule has 3 aromatic carbocycles. The van der Waals surface area contributed by atoms with Crippen LogP contribution in [0, 0.1) is 6.92 Å². The summed E-state index contributed by atoms with van der Waals surface area (Å²) in [6.45, 7) is 3.71. The van der Waals surface area contributed by atoms with E-state index in [2.05, 4.69) is 15.8 Å².